The molecule has 7 heteroatoms. The second-order valence-electron chi connectivity index (χ2n) is 8.33. The average Bonchev–Trinajstić information content (AvgIpc) is 2.88. The quantitative estimate of drug-likeness (QED) is 0.330. The molecule has 6 nitrogen and oxygen atoms in total. The van der Waals surface area contributed by atoms with Gasteiger partial charge in [0.05, 0.1) is 0 Å². The predicted molar refractivity (Wildman–Crippen MR) is 138 cm³/mol. The van der Waals surface area contributed by atoms with Gasteiger partial charge in [-0.1, -0.05) is 46.3 Å². The van der Waals surface area contributed by atoms with Crippen LogP contribution in [0, 0.1) is 0 Å². The van der Waals surface area contributed by atoms with Crippen LogP contribution in [0.15, 0.2) is 77.3 Å². The summed E-state index contributed by atoms with van der Waals surface area (Å²) in [7, 11) is 0. The summed E-state index contributed by atoms with van der Waals surface area (Å²) in [6.07, 6.45) is 3.35. The van der Waals surface area contributed by atoms with Crippen LogP contribution in [-0.4, -0.2) is 40.7 Å². The third-order valence-corrected chi connectivity index (χ3v) is 6.47. The Kier molecular flexibility index (Phi) is 6.72. The van der Waals surface area contributed by atoms with Crippen molar-refractivity contribution < 1.29 is 9.53 Å². The van der Waals surface area contributed by atoms with E-state index >= 15 is 0 Å². The first-order chi connectivity index (χ1) is 16.7. The number of hydrogen-bond acceptors (Lipinski definition) is 5. The minimum Gasteiger partial charge on any atom is -0.484 e. The van der Waals surface area contributed by atoms with Crippen molar-refractivity contribution in [3.63, 3.8) is 0 Å². The Bertz CT molecular complexity index is 1300. The number of rotatable bonds is 6. The second kappa shape index (κ2) is 10.2. The van der Waals surface area contributed by atoms with Crippen molar-refractivity contribution in [3.05, 3.63) is 77.3 Å². The Hall–Kier alpha value is -3.45. The molecule has 0 unspecified atom stereocenters. The van der Waals surface area contributed by atoms with E-state index in [-0.39, 0.29) is 12.5 Å². The maximum Gasteiger partial charge on any atom is 0.260 e. The van der Waals surface area contributed by atoms with Crippen LogP contribution in [0.25, 0.3) is 22.0 Å². The first-order valence-electron chi connectivity index (χ1n) is 11.5. The van der Waals surface area contributed by atoms with Crippen LogP contribution in [0.3, 0.4) is 0 Å². The number of halogens is 1. The lowest BCUT2D eigenvalue weighted by Crippen LogP contribution is -2.38. The Morgan fingerprint density at radius 3 is 2.44 bits per heavy atom. The number of anilines is 2. The fourth-order valence-corrected chi connectivity index (χ4v) is 4.60. The number of amides is 1. The molecule has 1 saturated heterocycles. The molecule has 1 fully saturated rings. The van der Waals surface area contributed by atoms with Crippen LogP contribution in [0.5, 0.6) is 5.75 Å². The van der Waals surface area contributed by atoms with Crippen LogP contribution in [0.1, 0.15) is 19.3 Å². The number of fused-ring (bicyclic) bond motifs is 1. The number of nitrogens with zero attached hydrogens (tertiary/aromatic N) is 3. The third kappa shape index (κ3) is 5.04. The molecule has 1 aliphatic heterocycles. The van der Waals surface area contributed by atoms with Gasteiger partial charge in [-0.3, -0.25) is 4.79 Å². The van der Waals surface area contributed by atoms with Gasteiger partial charge in [-0.05, 0) is 61.7 Å². The van der Waals surface area contributed by atoms with Crippen molar-refractivity contribution in [1.82, 2.24) is 15.1 Å². The molecule has 0 saturated carbocycles. The van der Waals surface area contributed by atoms with E-state index in [1.54, 1.807) is 0 Å². The lowest BCUT2D eigenvalue weighted by molar-refractivity contribution is -0.134. The fraction of sp³-hybridized carbons (Fsp3) is 0.222. The van der Waals surface area contributed by atoms with Crippen molar-refractivity contribution in [1.29, 1.82) is 0 Å². The van der Waals surface area contributed by atoms with Crippen molar-refractivity contribution in [3.8, 4) is 17.0 Å². The minimum absolute atomic E-state index is 0.0502. The van der Waals surface area contributed by atoms with Crippen LogP contribution in [0.4, 0.5) is 11.5 Å². The number of likely N-dealkylation sites (tertiary alicyclic amines) is 1. The Morgan fingerprint density at radius 2 is 1.68 bits per heavy atom. The van der Waals surface area contributed by atoms with Gasteiger partial charge < -0.3 is 15.0 Å². The fourth-order valence-electron chi connectivity index (χ4n) is 4.20. The number of carbonyl (C=O) groups is 1. The van der Waals surface area contributed by atoms with E-state index < -0.39 is 0 Å². The molecule has 4 aromatic rings. The largest absolute Gasteiger partial charge is 0.484 e. The van der Waals surface area contributed by atoms with Gasteiger partial charge in [0.1, 0.15) is 11.4 Å². The molecule has 1 N–H and O–H groups in total. The predicted octanol–water partition coefficient (Wildman–Crippen LogP) is 6.19. The first kappa shape index (κ1) is 22.3. The van der Waals surface area contributed by atoms with E-state index in [0.717, 1.165) is 58.1 Å². The van der Waals surface area contributed by atoms with Crippen molar-refractivity contribution in [2.24, 2.45) is 0 Å². The molecule has 5 rings (SSSR count). The van der Waals surface area contributed by atoms with Crippen LogP contribution in [0.2, 0.25) is 0 Å². The number of hydrogen-bond donors (Lipinski definition) is 1. The van der Waals surface area contributed by atoms with Crippen LogP contribution in [-0.2, 0) is 4.79 Å². The van der Waals surface area contributed by atoms with Crippen molar-refractivity contribution in [2.75, 3.05) is 25.0 Å². The molecule has 3 aromatic carbocycles. The van der Waals surface area contributed by atoms with Crippen molar-refractivity contribution in [2.45, 2.75) is 19.3 Å². The molecule has 2 heterocycles. The zero-order chi connectivity index (χ0) is 23.3. The highest BCUT2D eigenvalue weighted by Crippen LogP contribution is 2.32. The van der Waals surface area contributed by atoms with Gasteiger partial charge in [-0.25, -0.2) is 0 Å². The lowest BCUT2D eigenvalue weighted by Gasteiger charge is -2.26. The van der Waals surface area contributed by atoms with E-state index in [0.29, 0.717) is 11.6 Å². The van der Waals surface area contributed by atoms with E-state index in [1.807, 2.05) is 77.7 Å². The third-order valence-electron chi connectivity index (χ3n) is 5.97. The highest BCUT2D eigenvalue weighted by molar-refractivity contribution is 9.10. The molecule has 0 atom stereocenters. The lowest BCUT2D eigenvalue weighted by atomic mass is 10.0. The summed E-state index contributed by atoms with van der Waals surface area (Å²) < 4.78 is 6.75. The average molecular weight is 517 g/mol. The second-order valence-corrected chi connectivity index (χ2v) is 9.25. The molecule has 1 amide bonds. The molecule has 0 bridgehead atoms. The number of carbonyl (C=O) groups excluding carboxylic acids is 1. The topological polar surface area (TPSA) is 67.3 Å². The molecule has 1 aliphatic rings. The Morgan fingerprint density at radius 1 is 0.912 bits per heavy atom. The van der Waals surface area contributed by atoms with Crippen molar-refractivity contribution >= 4 is 44.1 Å². The van der Waals surface area contributed by atoms with Gasteiger partial charge in [0.25, 0.3) is 5.91 Å². The zero-order valence-electron chi connectivity index (χ0n) is 18.7. The first-order valence-corrected chi connectivity index (χ1v) is 12.3. The van der Waals surface area contributed by atoms with Gasteiger partial charge in [0.2, 0.25) is 0 Å². The smallest absolute Gasteiger partial charge is 0.260 e. The number of aromatic nitrogens is 2. The standard InChI is InChI=1S/C27H25BrN4O2/c28-20-7-6-8-21(17-20)29-27-24-10-3-2-9-23(24)26(30-31-27)19-11-13-22(14-12-19)34-18-25(33)32-15-4-1-5-16-32/h2-3,6-14,17H,1,4-5,15-16,18H2,(H,29,31). The van der Waals surface area contributed by atoms with E-state index in [9.17, 15) is 4.79 Å². The van der Waals surface area contributed by atoms with Gasteiger partial charge in [0.15, 0.2) is 12.4 Å². The highest BCUT2D eigenvalue weighted by Gasteiger charge is 2.17. The summed E-state index contributed by atoms with van der Waals surface area (Å²) in [6.45, 7) is 1.73. The van der Waals surface area contributed by atoms with Gasteiger partial charge in [-0.15, -0.1) is 10.2 Å². The summed E-state index contributed by atoms with van der Waals surface area (Å²) in [6, 6.07) is 23.7. The van der Waals surface area contributed by atoms with Gasteiger partial charge in [0, 0.05) is 39.6 Å². The van der Waals surface area contributed by atoms with Gasteiger partial charge in [-0.2, -0.15) is 0 Å². The zero-order valence-corrected chi connectivity index (χ0v) is 20.3. The van der Waals surface area contributed by atoms with Crippen LogP contribution >= 0.6 is 15.9 Å². The van der Waals surface area contributed by atoms with Gasteiger partial charge >= 0.3 is 0 Å². The number of benzene rings is 3. The molecule has 0 aliphatic carbocycles. The van der Waals surface area contributed by atoms with E-state index in [2.05, 4.69) is 31.4 Å². The summed E-state index contributed by atoms with van der Waals surface area (Å²) in [5.74, 6) is 1.42. The highest BCUT2D eigenvalue weighted by atomic mass is 79.9. The van der Waals surface area contributed by atoms with E-state index in [1.165, 1.54) is 6.42 Å². The summed E-state index contributed by atoms with van der Waals surface area (Å²) >= 11 is 3.50. The molecule has 0 radical (unpaired) electrons. The van der Waals surface area contributed by atoms with Crippen LogP contribution < -0.4 is 10.1 Å². The van der Waals surface area contributed by atoms with E-state index in [4.69, 9.17) is 4.74 Å². The molecule has 1 aromatic heterocycles. The monoisotopic (exact) mass is 516 g/mol. The summed E-state index contributed by atoms with van der Waals surface area (Å²) in [5, 5.41) is 14.4. The number of nitrogens with one attached hydrogen (secondary N) is 1. The minimum atomic E-state index is 0.0502. The summed E-state index contributed by atoms with van der Waals surface area (Å²) in [5.41, 5.74) is 2.67. The number of ether oxygens (including phenoxy) is 1. The molecule has 172 valence electrons. The molecule has 34 heavy (non-hydrogen) atoms. The Labute approximate surface area is 207 Å². The maximum atomic E-state index is 12.4. The normalized spacial score (nSPS) is 13.6. The summed E-state index contributed by atoms with van der Waals surface area (Å²) in [4.78, 5) is 14.3. The number of piperidine rings is 1. The molecular formula is C27H25BrN4O2. The SMILES string of the molecule is O=C(COc1ccc(-c2nnc(Nc3cccc(Br)c3)c3ccccc23)cc1)N1CCCCC1. The maximum absolute atomic E-state index is 12.4. The Balaban J connectivity index is 1.34. The molecule has 0 spiro atoms. The molecular weight excluding hydrogens is 492 g/mol.